The molecule has 0 aliphatic carbocycles. The average Bonchev–Trinajstić information content (AvgIpc) is 2.38. The molecule has 3 heteroatoms. The van der Waals surface area contributed by atoms with Gasteiger partial charge in [0.1, 0.15) is 0 Å². The molecular weight excluding hydrogens is 324 g/mol. The molecule has 0 aromatic rings. The van der Waals surface area contributed by atoms with Gasteiger partial charge < -0.3 is 9.80 Å². The molecular formula is C22H46N2S. The fraction of sp³-hybridized carbons (Fsp3) is 0.545. The Bertz CT molecular complexity index is 339. The van der Waals surface area contributed by atoms with Crippen LogP contribution < -0.4 is 0 Å². The quantitative estimate of drug-likeness (QED) is 0.484. The SMILES string of the molecule is C=C(C)C.C=C(C)C.C=C(C)N(C)C.C=C(C)N(C)C.C=C(C)SC. The van der Waals surface area contributed by atoms with Gasteiger partial charge in [-0.15, -0.1) is 24.9 Å². The van der Waals surface area contributed by atoms with Crippen LogP contribution in [0.15, 0.2) is 60.3 Å². The lowest BCUT2D eigenvalue weighted by molar-refractivity contribution is 0.516. The Balaban J connectivity index is -0.0000000675. The fourth-order valence-electron chi connectivity index (χ4n) is 0. The van der Waals surface area contributed by atoms with Crippen molar-refractivity contribution in [1.82, 2.24) is 9.80 Å². The van der Waals surface area contributed by atoms with Crippen LogP contribution in [-0.2, 0) is 0 Å². The summed E-state index contributed by atoms with van der Waals surface area (Å²) in [5, 5.41) is 0. The molecule has 150 valence electrons. The van der Waals surface area contributed by atoms with Gasteiger partial charge in [0.05, 0.1) is 0 Å². The zero-order chi connectivity index (χ0) is 21.7. The highest BCUT2D eigenvalue weighted by molar-refractivity contribution is 8.02. The van der Waals surface area contributed by atoms with Crippen LogP contribution in [0, 0.1) is 0 Å². The van der Waals surface area contributed by atoms with Crippen molar-refractivity contribution in [3.05, 3.63) is 60.3 Å². The molecule has 0 spiro atoms. The number of rotatable bonds is 3. The van der Waals surface area contributed by atoms with E-state index in [0.29, 0.717) is 0 Å². The molecule has 0 aromatic heterocycles. The van der Waals surface area contributed by atoms with Gasteiger partial charge in [-0.25, -0.2) is 0 Å². The van der Waals surface area contributed by atoms with Crippen LogP contribution in [0.25, 0.3) is 0 Å². The molecule has 0 heterocycles. The summed E-state index contributed by atoms with van der Waals surface area (Å²) in [7, 11) is 7.90. The zero-order valence-corrected chi connectivity index (χ0v) is 20.2. The minimum absolute atomic E-state index is 1.09. The molecule has 0 atom stereocenters. The van der Waals surface area contributed by atoms with Crippen molar-refractivity contribution in [2.45, 2.75) is 48.5 Å². The van der Waals surface area contributed by atoms with Crippen LogP contribution >= 0.6 is 11.8 Å². The predicted octanol–water partition coefficient (Wildman–Crippen LogP) is 7.21. The highest BCUT2D eigenvalue weighted by Gasteiger charge is 1.79. The summed E-state index contributed by atoms with van der Waals surface area (Å²) in [6, 6.07) is 0. The van der Waals surface area contributed by atoms with Gasteiger partial charge in [-0.05, 0) is 59.6 Å². The van der Waals surface area contributed by atoms with Crippen LogP contribution in [-0.4, -0.2) is 44.2 Å². The minimum atomic E-state index is 1.09. The van der Waals surface area contributed by atoms with Gasteiger partial charge in [-0.1, -0.05) is 30.9 Å². The molecule has 0 aliphatic heterocycles. The molecule has 0 N–H and O–H groups in total. The third-order valence-corrected chi connectivity index (χ3v) is 2.57. The van der Waals surface area contributed by atoms with Gasteiger partial charge in [0.15, 0.2) is 0 Å². The van der Waals surface area contributed by atoms with E-state index in [2.05, 4.69) is 32.9 Å². The molecule has 0 rings (SSSR count). The maximum absolute atomic E-state index is 3.68. The van der Waals surface area contributed by atoms with Gasteiger partial charge in [-0.2, -0.15) is 0 Å². The van der Waals surface area contributed by atoms with Crippen LogP contribution in [0.1, 0.15) is 48.5 Å². The van der Waals surface area contributed by atoms with Crippen LogP contribution in [0.5, 0.6) is 0 Å². The van der Waals surface area contributed by atoms with Crippen molar-refractivity contribution in [2.24, 2.45) is 0 Å². The topological polar surface area (TPSA) is 6.48 Å². The molecule has 0 fully saturated rings. The fourth-order valence-corrected chi connectivity index (χ4v) is 0. The second-order valence-corrected chi connectivity index (χ2v) is 7.68. The van der Waals surface area contributed by atoms with Crippen molar-refractivity contribution in [3.8, 4) is 0 Å². The molecule has 0 bridgehead atoms. The molecule has 0 radical (unpaired) electrons. The van der Waals surface area contributed by atoms with E-state index in [4.69, 9.17) is 0 Å². The Hall–Kier alpha value is -1.35. The van der Waals surface area contributed by atoms with E-state index < -0.39 is 0 Å². The lowest BCUT2D eigenvalue weighted by Crippen LogP contribution is -2.05. The highest BCUT2D eigenvalue weighted by atomic mass is 32.2. The van der Waals surface area contributed by atoms with Crippen molar-refractivity contribution in [1.29, 1.82) is 0 Å². The predicted molar refractivity (Wildman–Crippen MR) is 126 cm³/mol. The average molecular weight is 371 g/mol. The maximum Gasteiger partial charge on any atom is 0.00578 e. The van der Waals surface area contributed by atoms with E-state index in [1.165, 1.54) is 16.1 Å². The monoisotopic (exact) mass is 370 g/mol. The number of allylic oxidation sites excluding steroid dienone is 5. The van der Waals surface area contributed by atoms with E-state index in [1.807, 2.05) is 92.7 Å². The third-order valence-electron chi connectivity index (χ3n) is 1.88. The number of nitrogens with zero attached hydrogens (tertiary/aromatic N) is 2. The first-order valence-electron chi connectivity index (χ1n) is 8.12. The van der Waals surface area contributed by atoms with Crippen LogP contribution in [0.4, 0.5) is 0 Å². The van der Waals surface area contributed by atoms with E-state index in [0.717, 1.165) is 11.4 Å². The van der Waals surface area contributed by atoms with E-state index in [1.54, 1.807) is 11.8 Å². The van der Waals surface area contributed by atoms with Crippen molar-refractivity contribution >= 4 is 11.8 Å². The molecule has 25 heavy (non-hydrogen) atoms. The Morgan fingerprint density at radius 1 is 0.560 bits per heavy atom. The van der Waals surface area contributed by atoms with Gasteiger partial charge in [-0.3, -0.25) is 0 Å². The van der Waals surface area contributed by atoms with E-state index in [9.17, 15) is 0 Å². The lowest BCUT2D eigenvalue weighted by Gasteiger charge is -2.08. The molecule has 2 nitrogen and oxygen atoms in total. The Morgan fingerprint density at radius 3 is 0.640 bits per heavy atom. The highest BCUT2D eigenvalue weighted by Crippen LogP contribution is 2.03. The van der Waals surface area contributed by atoms with Crippen LogP contribution in [0.2, 0.25) is 0 Å². The summed E-state index contributed by atoms with van der Waals surface area (Å²) in [4.78, 5) is 5.12. The number of hydrogen-bond acceptors (Lipinski definition) is 3. The Labute approximate surface area is 165 Å². The van der Waals surface area contributed by atoms with Crippen molar-refractivity contribution in [2.75, 3.05) is 34.4 Å². The summed E-state index contributed by atoms with van der Waals surface area (Å²) < 4.78 is 0. The first-order valence-corrected chi connectivity index (χ1v) is 9.34. The smallest absolute Gasteiger partial charge is 0.00578 e. The third kappa shape index (κ3) is 129. The normalized spacial score (nSPS) is 7.36. The summed E-state index contributed by atoms with van der Waals surface area (Å²) in [6.45, 7) is 31.9. The zero-order valence-electron chi connectivity index (χ0n) is 19.3. The molecule has 0 unspecified atom stereocenters. The maximum atomic E-state index is 3.68. The lowest BCUT2D eigenvalue weighted by atomic mass is 10.4. The first-order chi connectivity index (χ1) is 11.0. The summed E-state index contributed by atoms with van der Waals surface area (Å²) in [6.07, 6.45) is 2.02. The number of hydrogen-bond donors (Lipinski definition) is 0. The van der Waals surface area contributed by atoms with Gasteiger partial charge in [0.2, 0.25) is 0 Å². The van der Waals surface area contributed by atoms with Crippen LogP contribution in [0.3, 0.4) is 0 Å². The van der Waals surface area contributed by atoms with Gasteiger partial charge in [0, 0.05) is 39.6 Å². The van der Waals surface area contributed by atoms with E-state index in [-0.39, 0.29) is 0 Å². The molecule has 0 saturated heterocycles. The number of thioether (sulfide) groups is 1. The molecule has 0 aromatic carbocycles. The molecule has 0 aliphatic rings. The van der Waals surface area contributed by atoms with Crippen molar-refractivity contribution < 1.29 is 0 Å². The summed E-state index contributed by atoms with van der Waals surface area (Å²) >= 11 is 1.69. The summed E-state index contributed by atoms with van der Waals surface area (Å²) in [5.41, 5.74) is 4.52. The largest absolute Gasteiger partial charge is 0.382 e. The molecule has 0 saturated carbocycles. The second-order valence-electron chi connectivity index (χ2n) is 6.58. The van der Waals surface area contributed by atoms with Crippen molar-refractivity contribution in [3.63, 3.8) is 0 Å². The Morgan fingerprint density at radius 2 is 0.640 bits per heavy atom. The van der Waals surface area contributed by atoms with E-state index >= 15 is 0 Å². The Kier molecular flexibility index (Phi) is 34.7. The standard InChI is InChI=1S/2C5H11N.C4H8S.2C4H8/c2*1-5(2)6(3)4;1-4(2)5-3;2*1-4(2)3/h2*1H2,2-4H3;1H2,2-3H3;2*1H2,2-3H3. The minimum Gasteiger partial charge on any atom is -0.382 e. The summed E-state index contributed by atoms with van der Waals surface area (Å²) in [5.74, 6) is 0. The first kappa shape index (κ1) is 34.9. The van der Waals surface area contributed by atoms with Gasteiger partial charge in [0.25, 0.3) is 0 Å². The molecule has 0 amide bonds. The van der Waals surface area contributed by atoms with Gasteiger partial charge >= 0.3 is 0 Å². The second kappa shape index (κ2) is 24.9.